The topological polar surface area (TPSA) is 98.5 Å². The third-order valence-corrected chi connectivity index (χ3v) is 5.83. The van der Waals surface area contributed by atoms with Gasteiger partial charge < -0.3 is 9.88 Å². The number of rotatable bonds is 6. The highest BCUT2D eigenvalue weighted by atomic mass is 16.1. The summed E-state index contributed by atoms with van der Waals surface area (Å²) in [4.78, 5) is 26.1. The van der Waals surface area contributed by atoms with E-state index in [2.05, 4.69) is 35.0 Å². The molecule has 2 saturated carbocycles. The van der Waals surface area contributed by atoms with Gasteiger partial charge in [-0.25, -0.2) is 9.97 Å². The summed E-state index contributed by atoms with van der Waals surface area (Å²) >= 11 is 0. The normalized spacial score (nSPS) is 15.5. The first kappa shape index (κ1) is 18.8. The summed E-state index contributed by atoms with van der Waals surface area (Å²) in [6.45, 7) is 0. The molecule has 0 spiro atoms. The number of carbonyl (C=O) groups excluding carboxylic acids is 1. The van der Waals surface area contributed by atoms with Crippen molar-refractivity contribution in [3.8, 4) is 22.5 Å². The van der Waals surface area contributed by atoms with Crippen molar-refractivity contribution in [3.63, 3.8) is 0 Å². The van der Waals surface area contributed by atoms with Crippen LogP contribution in [0.2, 0.25) is 0 Å². The van der Waals surface area contributed by atoms with E-state index < -0.39 is 0 Å². The zero-order valence-corrected chi connectivity index (χ0v) is 17.3. The van der Waals surface area contributed by atoms with Crippen molar-refractivity contribution in [1.29, 1.82) is 0 Å². The van der Waals surface area contributed by atoms with Gasteiger partial charge in [-0.1, -0.05) is 12.1 Å². The number of nitrogens with one attached hydrogen (secondary N) is 1. The van der Waals surface area contributed by atoms with Crippen LogP contribution in [-0.2, 0) is 0 Å². The van der Waals surface area contributed by atoms with E-state index >= 15 is 0 Å². The quantitative estimate of drug-likeness (QED) is 0.497. The zero-order valence-electron chi connectivity index (χ0n) is 17.3. The Hall–Kier alpha value is -3.94. The average molecular weight is 423 g/mol. The molecule has 3 heterocycles. The second kappa shape index (κ2) is 7.64. The lowest BCUT2D eigenvalue weighted by molar-refractivity contribution is 0.102. The summed E-state index contributed by atoms with van der Waals surface area (Å²) in [5.41, 5.74) is 3.66. The van der Waals surface area contributed by atoms with E-state index in [1.54, 1.807) is 18.6 Å². The second-order valence-electron chi connectivity index (χ2n) is 8.36. The molecule has 2 fully saturated rings. The van der Waals surface area contributed by atoms with E-state index in [0.29, 0.717) is 23.3 Å². The largest absolute Gasteiger partial charge is 0.321 e. The summed E-state index contributed by atoms with van der Waals surface area (Å²) in [6.07, 6.45) is 11.7. The molecular weight excluding hydrogens is 402 g/mol. The molecule has 0 radical (unpaired) electrons. The van der Waals surface area contributed by atoms with Gasteiger partial charge in [-0.15, -0.1) is 10.2 Å². The number of amides is 1. The van der Waals surface area contributed by atoms with Crippen molar-refractivity contribution >= 4 is 11.6 Å². The number of aromatic nitrogens is 6. The SMILES string of the molecule is O=C(Nc1cccc(-c2nncn2C2CC2)c1)c1cc(-c2cnc(C3CC3)nc2)ccn1. The molecule has 158 valence electrons. The number of pyridine rings is 1. The van der Waals surface area contributed by atoms with Gasteiger partial charge in [-0.05, 0) is 55.5 Å². The van der Waals surface area contributed by atoms with Gasteiger partial charge in [-0.3, -0.25) is 9.78 Å². The Morgan fingerprint density at radius 3 is 2.56 bits per heavy atom. The Morgan fingerprint density at radius 2 is 1.78 bits per heavy atom. The molecule has 0 aliphatic heterocycles. The monoisotopic (exact) mass is 423 g/mol. The highest BCUT2D eigenvalue weighted by Gasteiger charge is 2.27. The van der Waals surface area contributed by atoms with E-state index in [0.717, 1.165) is 41.2 Å². The van der Waals surface area contributed by atoms with Crippen LogP contribution in [0.15, 0.2) is 61.3 Å². The number of benzene rings is 1. The smallest absolute Gasteiger partial charge is 0.274 e. The summed E-state index contributed by atoms with van der Waals surface area (Å²) in [5, 5.41) is 11.3. The lowest BCUT2D eigenvalue weighted by Gasteiger charge is -2.09. The van der Waals surface area contributed by atoms with Gasteiger partial charge >= 0.3 is 0 Å². The third kappa shape index (κ3) is 3.75. The van der Waals surface area contributed by atoms with Crippen molar-refractivity contribution in [2.45, 2.75) is 37.6 Å². The Labute approximate surface area is 184 Å². The summed E-state index contributed by atoms with van der Waals surface area (Å²) in [6, 6.07) is 11.7. The van der Waals surface area contributed by atoms with Crippen LogP contribution in [0.1, 0.15) is 54.0 Å². The van der Waals surface area contributed by atoms with Gasteiger partial charge in [0.2, 0.25) is 0 Å². The summed E-state index contributed by atoms with van der Waals surface area (Å²) in [7, 11) is 0. The molecule has 0 atom stereocenters. The number of carbonyl (C=O) groups is 1. The van der Waals surface area contributed by atoms with E-state index in [9.17, 15) is 4.79 Å². The Kier molecular flexibility index (Phi) is 4.49. The van der Waals surface area contributed by atoms with Crippen LogP contribution < -0.4 is 5.32 Å². The second-order valence-corrected chi connectivity index (χ2v) is 8.36. The molecular formula is C24H21N7O. The van der Waals surface area contributed by atoms with Crippen LogP contribution in [0.5, 0.6) is 0 Å². The fraction of sp³-hybridized carbons (Fsp3) is 0.250. The summed E-state index contributed by atoms with van der Waals surface area (Å²) < 4.78 is 2.10. The van der Waals surface area contributed by atoms with Crippen LogP contribution in [0, 0.1) is 0 Å². The number of nitrogens with zero attached hydrogens (tertiary/aromatic N) is 6. The predicted octanol–water partition coefficient (Wildman–Crippen LogP) is 4.26. The van der Waals surface area contributed by atoms with Crippen molar-refractivity contribution < 1.29 is 4.79 Å². The van der Waals surface area contributed by atoms with Crippen LogP contribution in [-0.4, -0.2) is 35.6 Å². The molecule has 8 nitrogen and oxygen atoms in total. The Morgan fingerprint density at radius 1 is 0.938 bits per heavy atom. The van der Waals surface area contributed by atoms with E-state index in [1.165, 1.54) is 12.8 Å². The van der Waals surface area contributed by atoms with Gasteiger partial charge in [0, 0.05) is 47.4 Å². The van der Waals surface area contributed by atoms with Gasteiger partial charge in [0.05, 0.1) is 0 Å². The molecule has 0 unspecified atom stereocenters. The predicted molar refractivity (Wildman–Crippen MR) is 119 cm³/mol. The van der Waals surface area contributed by atoms with E-state index in [-0.39, 0.29) is 5.91 Å². The average Bonchev–Trinajstić information content (AvgIpc) is 3.78. The van der Waals surface area contributed by atoms with Crippen LogP contribution in [0.4, 0.5) is 5.69 Å². The van der Waals surface area contributed by atoms with Crippen LogP contribution in [0.25, 0.3) is 22.5 Å². The van der Waals surface area contributed by atoms with Gasteiger partial charge in [0.15, 0.2) is 5.82 Å². The molecule has 32 heavy (non-hydrogen) atoms. The van der Waals surface area contributed by atoms with Crippen molar-refractivity contribution in [2.75, 3.05) is 5.32 Å². The highest BCUT2D eigenvalue weighted by molar-refractivity contribution is 6.03. The zero-order chi connectivity index (χ0) is 21.5. The lowest BCUT2D eigenvalue weighted by atomic mass is 10.1. The minimum absolute atomic E-state index is 0.275. The first-order chi connectivity index (χ1) is 15.7. The van der Waals surface area contributed by atoms with E-state index in [4.69, 9.17) is 0 Å². The molecule has 2 aliphatic carbocycles. The van der Waals surface area contributed by atoms with Crippen LogP contribution in [0.3, 0.4) is 0 Å². The lowest BCUT2D eigenvalue weighted by Crippen LogP contribution is -2.13. The molecule has 0 bridgehead atoms. The van der Waals surface area contributed by atoms with Crippen molar-refractivity contribution in [2.24, 2.45) is 0 Å². The minimum Gasteiger partial charge on any atom is -0.321 e. The summed E-state index contributed by atoms with van der Waals surface area (Å²) in [5.74, 6) is 1.96. The molecule has 1 amide bonds. The molecule has 6 rings (SSSR count). The first-order valence-corrected chi connectivity index (χ1v) is 10.8. The van der Waals surface area contributed by atoms with Crippen molar-refractivity contribution in [3.05, 3.63) is 72.8 Å². The maximum absolute atomic E-state index is 12.9. The van der Waals surface area contributed by atoms with Crippen LogP contribution >= 0.6 is 0 Å². The maximum atomic E-state index is 12.9. The molecule has 2 aliphatic rings. The van der Waals surface area contributed by atoms with Crippen molar-refractivity contribution in [1.82, 2.24) is 29.7 Å². The fourth-order valence-corrected chi connectivity index (χ4v) is 3.77. The Balaban J connectivity index is 1.21. The molecule has 1 N–H and O–H groups in total. The first-order valence-electron chi connectivity index (χ1n) is 10.8. The van der Waals surface area contributed by atoms with Gasteiger partial charge in [0.25, 0.3) is 5.91 Å². The molecule has 4 aromatic rings. The standard InChI is InChI=1S/C24H21N7O/c32-24(21-11-16(8-9-25-21)18-12-26-22(27-13-18)15-4-5-15)29-19-3-1-2-17(10-19)23-30-28-14-31(23)20-6-7-20/h1-3,8-15,20H,4-7H2,(H,29,32). The van der Waals surface area contributed by atoms with E-state index in [1.807, 2.05) is 42.7 Å². The minimum atomic E-state index is -0.275. The Bertz CT molecular complexity index is 1290. The molecule has 1 aromatic carbocycles. The fourth-order valence-electron chi connectivity index (χ4n) is 3.77. The maximum Gasteiger partial charge on any atom is 0.274 e. The third-order valence-electron chi connectivity index (χ3n) is 5.83. The highest BCUT2D eigenvalue weighted by Crippen LogP contribution is 2.38. The molecule has 0 saturated heterocycles. The molecule has 8 heteroatoms. The molecule has 3 aromatic heterocycles. The van der Waals surface area contributed by atoms with Gasteiger partial charge in [0.1, 0.15) is 17.8 Å². The number of hydrogen-bond acceptors (Lipinski definition) is 6. The van der Waals surface area contributed by atoms with Gasteiger partial charge in [-0.2, -0.15) is 0 Å². The number of hydrogen-bond donors (Lipinski definition) is 1. The number of anilines is 1.